The molecule has 5 aromatic rings. The Morgan fingerprint density at radius 1 is 0.810 bits per heavy atom. The molecule has 0 unspecified atom stereocenters. The van der Waals surface area contributed by atoms with Gasteiger partial charge in [0, 0.05) is 40.9 Å². The van der Waals surface area contributed by atoms with Crippen molar-refractivity contribution in [3.8, 4) is 11.3 Å². The summed E-state index contributed by atoms with van der Waals surface area (Å²) in [4.78, 5) is 25.7. The van der Waals surface area contributed by atoms with E-state index in [9.17, 15) is 18.0 Å². The molecule has 9 nitrogen and oxygen atoms in total. The molecule has 0 fully saturated rings. The SMILES string of the molecule is O=C(NCCS(=O)(=O)O)c1ccc(N[C@@H](Cc2ccccc2)C(=O)Nc2ccc(-c3cc4ccccc4o3)cc2)cc1. The van der Waals surface area contributed by atoms with Gasteiger partial charge in [-0.1, -0.05) is 48.5 Å². The zero-order chi connectivity index (χ0) is 29.5. The van der Waals surface area contributed by atoms with Crippen LogP contribution in [0.5, 0.6) is 0 Å². The molecule has 1 aromatic heterocycles. The summed E-state index contributed by atoms with van der Waals surface area (Å²) >= 11 is 0. The molecule has 10 heteroatoms. The largest absolute Gasteiger partial charge is 0.456 e. The number of amides is 2. The molecule has 0 saturated carbocycles. The van der Waals surface area contributed by atoms with E-state index < -0.39 is 27.8 Å². The molecular formula is C32H29N3O6S. The van der Waals surface area contributed by atoms with E-state index in [-0.39, 0.29) is 12.5 Å². The normalized spacial score (nSPS) is 12.0. The summed E-state index contributed by atoms with van der Waals surface area (Å²) in [5, 5.41) is 9.71. The maximum absolute atomic E-state index is 13.4. The Morgan fingerprint density at radius 3 is 2.17 bits per heavy atom. The Balaban J connectivity index is 1.26. The molecule has 0 aliphatic rings. The highest BCUT2D eigenvalue weighted by atomic mass is 32.2. The van der Waals surface area contributed by atoms with E-state index in [0.29, 0.717) is 23.4 Å². The summed E-state index contributed by atoms with van der Waals surface area (Å²) < 4.78 is 36.5. The minimum absolute atomic E-state index is 0.212. The van der Waals surface area contributed by atoms with Crippen LogP contribution in [0.25, 0.3) is 22.3 Å². The summed E-state index contributed by atoms with van der Waals surface area (Å²) in [5.41, 5.74) is 4.25. The number of fused-ring (bicyclic) bond motifs is 1. The maximum atomic E-state index is 13.4. The predicted octanol–water partition coefficient (Wildman–Crippen LogP) is 5.38. The number of carbonyl (C=O) groups is 2. The summed E-state index contributed by atoms with van der Waals surface area (Å²) in [6.45, 7) is -0.212. The number of carbonyl (C=O) groups excluding carboxylic acids is 2. The van der Waals surface area contributed by atoms with E-state index in [1.807, 2.05) is 84.9 Å². The summed E-state index contributed by atoms with van der Waals surface area (Å²) in [7, 11) is -4.17. The third-order valence-electron chi connectivity index (χ3n) is 6.60. The lowest BCUT2D eigenvalue weighted by molar-refractivity contribution is -0.116. The summed E-state index contributed by atoms with van der Waals surface area (Å²) in [5.74, 6) is -0.539. The van der Waals surface area contributed by atoms with Crippen LogP contribution in [0.15, 0.2) is 114 Å². The van der Waals surface area contributed by atoms with E-state index in [0.717, 1.165) is 27.9 Å². The number of rotatable bonds is 11. The van der Waals surface area contributed by atoms with Gasteiger partial charge in [0.1, 0.15) is 17.4 Å². The predicted molar refractivity (Wildman–Crippen MR) is 163 cm³/mol. The summed E-state index contributed by atoms with van der Waals surface area (Å²) in [6.07, 6.45) is 0.418. The number of benzene rings is 4. The molecule has 4 aromatic carbocycles. The smallest absolute Gasteiger partial charge is 0.266 e. The molecule has 0 bridgehead atoms. The van der Waals surface area contributed by atoms with Crippen LogP contribution in [0.2, 0.25) is 0 Å². The van der Waals surface area contributed by atoms with Crippen molar-refractivity contribution < 1.29 is 27.0 Å². The number of nitrogens with one attached hydrogen (secondary N) is 3. The molecule has 2 amide bonds. The van der Waals surface area contributed by atoms with Crippen LogP contribution >= 0.6 is 0 Å². The second-order valence-electron chi connectivity index (χ2n) is 9.72. The van der Waals surface area contributed by atoms with Crippen molar-refractivity contribution in [2.75, 3.05) is 22.9 Å². The van der Waals surface area contributed by atoms with Crippen molar-refractivity contribution in [3.63, 3.8) is 0 Å². The topological polar surface area (TPSA) is 138 Å². The lowest BCUT2D eigenvalue weighted by atomic mass is 10.0. The van der Waals surface area contributed by atoms with Gasteiger partial charge in [0.25, 0.3) is 16.0 Å². The molecular weight excluding hydrogens is 554 g/mol. The molecule has 4 N–H and O–H groups in total. The summed E-state index contributed by atoms with van der Waals surface area (Å²) in [6, 6.07) is 32.7. The van der Waals surface area contributed by atoms with Crippen molar-refractivity contribution in [1.82, 2.24) is 5.32 Å². The van der Waals surface area contributed by atoms with E-state index in [2.05, 4.69) is 16.0 Å². The van der Waals surface area contributed by atoms with Crippen LogP contribution in [0.4, 0.5) is 11.4 Å². The Morgan fingerprint density at radius 2 is 1.48 bits per heavy atom. The minimum atomic E-state index is -4.17. The average Bonchev–Trinajstić information content (AvgIpc) is 3.42. The van der Waals surface area contributed by atoms with Crippen molar-refractivity contribution in [2.24, 2.45) is 0 Å². The second-order valence-corrected chi connectivity index (χ2v) is 11.3. The first kappa shape index (κ1) is 28.6. The van der Waals surface area contributed by atoms with Gasteiger partial charge in [0.2, 0.25) is 5.91 Å². The van der Waals surface area contributed by atoms with Crippen LogP contribution in [0, 0.1) is 0 Å². The number of para-hydroxylation sites is 1. The molecule has 0 aliphatic heterocycles. The minimum Gasteiger partial charge on any atom is -0.456 e. The van der Waals surface area contributed by atoms with E-state index >= 15 is 0 Å². The van der Waals surface area contributed by atoms with Gasteiger partial charge in [-0.15, -0.1) is 0 Å². The third-order valence-corrected chi connectivity index (χ3v) is 7.32. The van der Waals surface area contributed by atoms with Crippen LogP contribution < -0.4 is 16.0 Å². The molecule has 1 heterocycles. The number of hydrogen-bond acceptors (Lipinski definition) is 6. The van der Waals surface area contributed by atoms with Gasteiger partial charge in [-0.25, -0.2) is 0 Å². The molecule has 5 rings (SSSR count). The van der Waals surface area contributed by atoms with Crippen LogP contribution in [-0.2, 0) is 21.3 Å². The molecule has 0 radical (unpaired) electrons. The fourth-order valence-corrected chi connectivity index (χ4v) is 4.81. The highest BCUT2D eigenvalue weighted by molar-refractivity contribution is 7.85. The number of hydrogen-bond donors (Lipinski definition) is 4. The van der Waals surface area contributed by atoms with Gasteiger partial charge in [-0.05, 0) is 66.2 Å². The van der Waals surface area contributed by atoms with Crippen molar-refractivity contribution in [1.29, 1.82) is 0 Å². The van der Waals surface area contributed by atoms with Crippen LogP contribution in [0.1, 0.15) is 15.9 Å². The average molecular weight is 584 g/mol. The first-order valence-electron chi connectivity index (χ1n) is 13.3. The Hall–Kier alpha value is -4.93. The van der Waals surface area contributed by atoms with Gasteiger partial charge >= 0.3 is 0 Å². The zero-order valence-electron chi connectivity index (χ0n) is 22.5. The zero-order valence-corrected chi connectivity index (χ0v) is 23.3. The Kier molecular flexibility index (Phi) is 8.66. The molecule has 0 saturated heterocycles. The second kappa shape index (κ2) is 12.7. The highest BCUT2D eigenvalue weighted by Gasteiger charge is 2.20. The Bertz CT molecular complexity index is 1750. The third kappa shape index (κ3) is 7.62. The first-order chi connectivity index (χ1) is 20.2. The van der Waals surface area contributed by atoms with E-state index in [1.54, 1.807) is 24.3 Å². The maximum Gasteiger partial charge on any atom is 0.266 e. The first-order valence-corrected chi connectivity index (χ1v) is 14.9. The molecule has 0 aliphatic carbocycles. The van der Waals surface area contributed by atoms with Crippen LogP contribution in [0.3, 0.4) is 0 Å². The fourth-order valence-electron chi connectivity index (χ4n) is 4.45. The van der Waals surface area contributed by atoms with E-state index in [1.165, 1.54) is 0 Å². The van der Waals surface area contributed by atoms with Gasteiger partial charge in [0.05, 0.1) is 5.75 Å². The molecule has 214 valence electrons. The van der Waals surface area contributed by atoms with Crippen molar-refractivity contribution >= 4 is 44.3 Å². The quantitative estimate of drug-likeness (QED) is 0.153. The van der Waals surface area contributed by atoms with Crippen molar-refractivity contribution in [3.05, 3.63) is 120 Å². The lowest BCUT2D eigenvalue weighted by Gasteiger charge is -2.20. The van der Waals surface area contributed by atoms with Crippen LogP contribution in [-0.4, -0.2) is 43.1 Å². The molecule has 42 heavy (non-hydrogen) atoms. The number of anilines is 2. The van der Waals surface area contributed by atoms with Crippen molar-refractivity contribution in [2.45, 2.75) is 12.5 Å². The standard InChI is InChI=1S/C32H29N3O6S/c36-31(33-18-19-42(38,39)40)24-12-16-26(17-13-24)34-28(20-22-6-2-1-3-7-22)32(37)35-27-14-10-23(11-15-27)30-21-25-8-4-5-9-29(25)41-30/h1-17,21,28,34H,18-20H2,(H,33,36)(H,35,37)(H,38,39,40)/t28-/m0/s1. The highest BCUT2D eigenvalue weighted by Crippen LogP contribution is 2.28. The molecule has 0 spiro atoms. The van der Waals surface area contributed by atoms with E-state index in [4.69, 9.17) is 8.97 Å². The number of furan rings is 1. The van der Waals surface area contributed by atoms with Gasteiger partial charge in [-0.2, -0.15) is 8.42 Å². The monoisotopic (exact) mass is 583 g/mol. The van der Waals surface area contributed by atoms with Gasteiger partial charge in [-0.3, -0.25) is 14.1 Å². The van der Waals surface area contributed by atoms with Gasteiger partial charge in [0.15, 0.2) is 0 Å². The molecule has 1 atom stereocenters. The van der Waals surface area contributed by atoms with Gasteiger partial charge < -0.3 is 20.4 Å². The fraction of sp³-hybridized carbons (Fsp3) is 0.125. The Labute approximate surface area is 243 Å². The lowest BCUT2D eigenvalue weighted by Crippen LogP contribution is -2.36.